The summed E-state index contributed by atoms with van der Waals surface area (Å²) in [7, 11) is -0.280. The molecule has 8 heteroatoms. The molecule has 0 saturated heterocycles. The fourth-order valence-corrected chi connectivity index (χ4v) is 9.52. The van der Waals surface area contributed by atoms with Gasteiger partial charge in [-0.2, -0.15) is 0 Å². The van der Waals surface area contributed by atoms with Crippen molar-refractivity contribution in [3.05, 3.63) is 109 Å². The molecule has 2 nitrogen and oxygen atoms in total. The van der Waals surface area contributed by atoms with Gasteiger partial charge < -0.3 is 4.74 Å². The summed E-state index contributed by atoms with van der Waals surface area (Å²) in [5, 5.41) is 0. The number of esters is 1. The minimum Gasteiger partial charge on any atom is -0.421 e. The number of hydrogen-bond donors (Lipinski definition) is 0. The number of hydrogen-bond acceptors (Lipinski definition) is 2. The van der Waals surface area contributed by atoms with E-state index in [0.29, 0.717) is 11.3 Å². The molecule has 0 saturated carbocycles. The first-order valence-corrected chi connectivity index (χ1v) is 15.9. The first-order chi connectivity index (χ1) is 15.8. The monoisotopic (exact) mass is 965 g/mol. The average Bonchev–Trinajstić information content (AvgIpc) is 2.79. The Balaban J connectivity index is 1.64. The topological polar surface area (TPSA) is 26.3 Å². The van der Waals surface area contributed by atoms with E-state index in [-0.39, 0.29) is 16.9 Å². The maximum atomic E-state index is 12.9. The zero-order valence-electron chi connectivity index (χ0n) is 16.7. The Labute approximate surface area is 258 Å². The predicted octanol–water partition coefficient (Wildman–Crippen LogP) is 9.18. The molecule has 4 aromatic carbocycles. The fraction of sp³-hybridized carbons (Fsp3) is 0. The van der Waals surface area contributed by atoms with E-state index < -0.39 is 0 Å². The smallest absolute Gasteiger partial charge is 0.343 e. The van der Waals surface area contributed by atoms with E-state index in [9.17, 15) is 4.79 Å². The van der Waals surface area contributed by atoms with Gasteiger partial charge in [-0.15, -0.1) is 0 Å². The molecule has 0 aliphatic heterocycles. The van der Waals surface area contributed by atoms with Crippen molar-refractivity contribution >= 4 is 123 Å². The first-order valence-electron chi connectivity index (χ1n) is 9.54. The van der Waals surface area contributed by atoms with E-state index in [0.717, 1.165) is 20.1 Å². The van der Waals surface area contributed by atoms with Crippen LogP contribution in [0.5, 0.6) is 5.75 Å². The van der Waals surface area contributed by atoms with Crippen molar-refractivity contribution in [2.24, 2.45) is 0 Å². The lowest BCUT2D eigenvalue weighted by atomic mass is 10.2. The molecule has 166 valence electrons. The summed E-state index contributed by atoms with van der Waals surface area (Å²) in [5.41, 5.74) is 0.533. The molecule has 33 heavy (non-hydrogen) atoms. The van der Waals surface area contributed by atoms with Crippen molar-refractivity contribution in [3.63, 3.8) is 0 Å². The summed E-state index contributed by atoms with van der Waals surface area (Å²) in [6.07, 6.45) is 0. The molecule has 0 radical (unpaired) electrons. The zero-order chi connectivity index (χ0) is 23.5. The molecule has 4 aromatic rings. The molecule has 0 aromatic heterocycles. The Hall–Kier alpha value is 0.1000. The average molecular weight is 966 g/mol. The lowest BCUT2D eigenvalue weighted by Crippen LogP contribution is -2.11. The van der Waals surface area contributed by atoms with Gasteiger partial charge in [0.15, 0.2) is 20.4 Å². The third-order valence-electron chi connectivity index (χ3n) is 4.58. The highest BCUT2D eigenvalue weighted by Gasteiger charge is 2.29. The predicted molar refractivity (Wildman–Crippen MR) is 171 cm³/mol. The van der Waals surface area contributed by atoms with Crippen LogP contribution in [0.4, 0.5) is 0 Å². The molecule has 1 unspecified atom stereocenters. The van der Waals surface area contributed by atoms with Gasteiger partial charge in [-0.1, -0.05) is 15.9 Å². The lowest BCUT2D eigenvalue weighted by Gasteiger charge is -2.11. The highest BCUT2D eigenvalue weighted by atomic mass is 127. The second kappa shape index (κ2) is 11.9. The van der Waals surface area contributed by atoms with Gasteiger partial charge in [0.2, 0.25) is 0 Å². The third kappa shape index (κ3) is 6.66. The van der Waals surface area contributed by atoms with Gasteiger partial charge in [0, 0.05) is 11.6 Å². The lowest BCUT2D eigenvalue weighted by molar-refractivity contribution is 0.0732. The molecule has 0 N–H and O–H groups in total. The van der Waals surface area contributed by atoms with Crippen LogP contribution in [-0.4, -0.2) is 5.97 Å². The number of carbonyl (C=O) groups is 1. The third-order valence-corrected chi connectivity index (χ3v) is 10.3. The van der Waals surface area contributed by atoms with Crippen molar-refractivity contribution in [1.82, 2.24) is 0 Å². The van der Waals surface area contributed by atoms with E-state index in [1.807, 2.05) is 36.4 Å². The second-order valence-electron chi connectivity index (χ2n) is 6.83. The van der Waals surface area contributed by atoms with Crippen LogP contribution in [0.25, 0.3) is 0 Å². The van der Waals surface area contributed by atoms with Gasteiger partial charge in [0.1, 0.15) is 0 Å². The highest BCUT2D eigenvalue weighted by Crippen LogP contribution is 2.33. The van der Waals surface area contributed by atoms with Crippen LogP contribution in [0.15, 0.2) is 104 Å². The Morgan fingerprint density at radius 3 is 1.64 bits per heavy atom. The van der Waals surface area contributed by atoms with Crippen molar-refractivity contribution in [3.8, 4) is 5.75 Å². The summed E-state index contributed by atoms with van der Waals surface area (Å²) in [6.45, 7) is 0. The van der Waals surface area contributed by atoms with Crippen LogP contribution >= 0.6 is 106 Å². The zero-order valence-corrected chi connectivity index (χ0v) is 27.7. The fourth-order valence-electron chi connectivity index (χ4n) is 3.05. The van der Waals surface area contributed by atoms with Gasteiger partial charge >= 0.3 is 5.97 Å². The van der Waals surface area contributed by atoms with Crippen LogP contribution in [0, 0.1) is 14.3 Å². The van der Waals surface area contributed by atoms with Crippen LogP contribution in [0.2, 0.25) is 0 Å². The number of halogens is 5. The van der Waals surface area contributed by atoms with E-state index in [4.69, 9.17) is 4.74 Å². The molecule has 1 atom stereocenters. The Bertz CT molecular complexity index is 1230. The summed E-state index contributed by atoms with van der Waals surface area (Å²) in [5.74, 6) is 0.260. The summed E-state index contributed by atoms with van der Waals surface area (Å²) in [6, 6.07) is 28.8. The maximum Gasteiger partial charge on any atom is 0.343 e. The SMILES string of the molecule is O=C(Oc1c(I)cc(I)cc1I)c1ccc([S+](c2ccc(Br)cc2)c2ccc(I)cc2)cc1. The van der Waals surface area contributed by atoms with E-state index >= 15 is 0 Å². The van der Waals surface area contributed by atoms with Crippen LogP contribution < -0.4 is 4.74 Å². The Morgan fingerprint density at radius 1 is 0.667 bits per heavy atom. The van der Waals surface area contributed by atoms with Crippen molar-refractivity contribution in [2.45, 2.75) is 14.7 Å². The molecule has 4 rings (SSSR count). The Morgan fingerprint density at radius 2 is 1.12 bits per heavy atom. The van der Waals surface area contributed by atoms with Crippen molar-refractivity contribution < 1.29 is 9.53 Å². The molecule has 0 aliphatic carbocycles. The van der Waals surface area contributed by atoms with Crippen molar-refractivity contribution in [2.75, 3.05) is 0 Å². The van der Waals surface area contributed by atoms with Gasteiger partial charge in [-0.05, 0) is 175 Å². The second-order valence-corrected chi connectivity index (χ2v) is 14.6. The Kier molecular flexibility index (Phi) is 9.43. The van der Waals surface area contributed by atoms with Crippen molar-refractivity contribution in [1.29, 1.82) is 0 Å². The molecular formula is C25H14BrI4O2S+. The standard InChI is InChI=1S/C25H14BrI4O2S/c26-16-3-9-20(10-4-16)33(21-11-5-17(27)6-12-21)19-7-1-15(2-8-19)25(31)32-24-22(29)13-18(28)14-23(24)30/h1-14H/q+1. The number of carbonyl (C=O) groups excluding carboxylic acids is 1. The largest absolute Gasteiger partial charge is 0.421 e. The van der Waals surface area contributed by atoms with Gasteiger partial charge in [-0.3, -0.25) is 0 Å². The summed E-state index contributed by atoms with van der Waals surface area (Å²) in [4.78, 5) is 16.5. The number of benzene rings is 4. The molecule has 0 heterocycles. The van der Waals surface area contributed by atoms with Crippen LogP contribution in [0.1, 0.15) is 10.4 Å². The summed E-state index contributed by atoms with van der Waals surface area (Å²) < 4.78 is 11.0. The normalized spacial score (nSPS) is 11.8. The molecule has 0 bridgehead atoms. The highest BCUT2D eigenvalue weighted by molar-refractivity contribution is 14.1. The van der Waals surface area contributed by atoms with Gasteiger partial charge in [0.05, 0.1) is 23.6 Å². The van der Waals surface area contributed by atoms with Crippen LogP contribution in [0.3, 0.4) is 0 Å². The van der Waals surface area contributed by atoms with E-state index in [1.54, 1.807) is 0 Å². The minimum absolute atomic E-state index is 0.280. The first kappa shape index (κ1) is 26.2. The maximum absolute atomic E-state index is 12.9. The van der Waals surface area contributed by atoms with Gasteiger partial charge in [-0.25, -0.2) is 4.79 Å². The molecule has 0 fully saturated rings. The molecular weight excluding hydrogens is 952 g/mol. The number of ether oxygens (including phenoxy) is 1. The molecule has 0 spiro atoms. The minimum atomic E-state index is -0.351. The van der Waals surface area contributed by atoms with Crippen LogP contribution in [-0.2, 0) is 10.9 Å². The quantitative estimate of drug-likeness (QED) is 0.0864. The van der Waals surface area contributed by atoms with E-state index in [2.05, 4.69) is 155 Å². The summed E-state index contributed by atoms with van der Waals surface area (Å²) >= 11 is 12.5. The van der Waals surface area contributed by atoms with Gasteiger partial charge in [0.25, 0.3) is 0 Å². The number of rotatable bonds is 5. The van der Waals surface area contributed by atoms with E-state index in [1.165, 1.54) is 13.4 Å². The molecule has 0 amide bonds. The molecule has 0 aliphatic rings.